The number of carbonyl (C=O) groups excluding carboxylic acids is 4. The van der Waals surface area contributed by atoms with Gasteiger partial charge in [-0.3, -0.25) is 19.4 Å². The molecule has 2 aliphatic rings. The number of amides is 3. The number of benzene rings is 1. The average Bonchev–Trinajstić information content (AvgIpc) is 3.14. The van der Waals surface area contributed by atoms with E-state index in [0.29, 0.717) is 79.7 Å². The Morgan fingerprint density at radius 1 is 0.946 bits per heavy atom. The molecule has 0 saturated carbocycles. The zero-order valence-electron chi connectivity index (χ0n) is 34.3. The third kappa shape index (κ3) is 14.8. The van der Waals surface area contributed by atoms with Crippen LogP contribution < -0.4 is 10.1 Å². The highest BCUT2D eigenvalue weighted by Crippen LogP contribution is 2.28. The first-order valence-corrected chi connectivity index (χ1v) is 20.0. The Hall–Kier alpha value is -4.66. The fourth-order valence-corrected chi connectivity index (χ4v) is 7.41. The molecule has 2 aromatic rings. The molecule has 0 radical (unpaired) electrons. The number of likely N-dealkylation sites (tertiary alicyclic amines) is 2. The van der Waals surface area contributed by atoms with Gasteiger partial charge in [-0.05, 0) is 115 Å². The number of alkyl halides is 1. The maximum Gasteiger partial charge on any atom is 0.410 e. The summed E-state index contributed by atoms with van der Waals surface area (Å²) in [6.45, 7) is 15.0. The van der Waals surface area contributed by atoms with E-state index < -0.39 is 35.8 Å². The van der Waals surface area contributed by atoms with E-state index in [1.807, 2.05) is 19.9 Å². The molecule has 306 valence electrons. The van der Waals surface area contributed by atoms with Gasteiger partial charge in [0.25, 0.3) is 0 Å². The first-order valence-electron chi connectivity index (χ1n) is 20.0. The minimum absolute atomic E-state index is 0.0278. The Labute approximate surface area is 332 Å². The number of nitrogens with one attached hydrogen (secondary N) is 1. The van der Waals surface area contributed by atoms with Gasteiger partial charge in [0.15, 0.2) is 0 Å². The number of esters is 1. The predicted molar refractivity (Wildman–Crippen MR) is 212 cm³/mol. The van der Waals surface area contributed by atoms with Gasteiger partial charge in [-0.15, -0.1) is 0 Å². The third-order valence-corrected chi connectivity index (χ3v) is 9.85. The number of halogens is 1. The zero-order chi connectivity index (χ0) is 40.9. The number of rotatable bonds is 14. The second-order valence-electron chi connectivity index (χ2n) is 17.0. The molecule has 1 N–H and O–H groups in total. The molecule has 0 aliphatic carbocycles. The van der Waals surface area contributed by atoms with Crippen molar-refractivity contribution in [1.29, 1.82) is 0 Å². The molecule has 2 saturated heterocycles. The van der Waals surface area contributed by atoms with Crippen molar-refractivity contribution in [2.75, 3.05) is 39.5 Å². The fraction of sp³-hybridized carbons (Fsp3) is 0.614. The molecular formula is C44H61FN4O7. The lowest BCUT2D eigenvalue weighted by Crippen LogP contribution is -2.46. The Balaban J connectivity index is 1.35. The highest BCUT2D eigenvalue weighted by Gasteiger charge is 2.33. The van der Waals surface area contributed by atoms with Gasteiger partial charge in [0, 0.05) is 56.1 Å². The summed E-state index contributed by atoms with van der Waals surface area (Å²) >= 11 is 0. The first kappa shape index (κ1) is 44.1. The summed E-state index contributed by atoms with van der Waals surface area (Å²) < 4.78 is 29.4. The molecule has 3 amide bonds. The van der Waals surface area contributed by atoms with Gasteiger partial charge in [0.05, 0.1) is 18.4 Å². The summed E-state index contributed by atoms with van der Waals surface area (Å²) in [5, 5.41) is 3.07. The molecule has 0 spiro atoms. The van der Waals surface area contributed by atoms with E-state index in [4.69, 9.17) is 14.2 Å². The smallest absolute Gasteiger partial charge is 0.410 e. The molecule has 2 atom stereocenters. The van der Waals surface area contributed by atoms with Crippen molar-refractivity contribution in [2.24, 2.45) is 17.8 Å². The van der Waals surface area contributed by atoms with E-state index in [1.165, 1.54) is 0 Å². The highest BCUT2D eigenvalue weighted by atomic mass is 19.1. The SMILES string of the molecule is CC(C)CC(C)(C)OC(=O)N1CCC(CCC(=O)N2CCCC(C(=O)NC(CC(=O)OC(C)(C)C)c3cncc(C#Cc4cccc(OCCF)c4)c3)C2)CC1. The summed E-state index contributed by atoms with van der Waals surface area (Å²) in [6.07, 6.45) is 7.70. The lowest BCUT2D eigenvalue weighted by molar-refractivity contribution is -0.155. The topological polar surface area (TPSA) is 127 Å². The van der Waals surface area contributed by atoms with Crippen molar-refractivity contribution in [3.05, 3.63) is 59.4 Å². The van der Waals surface area contributed by atoms with Gasteiger partial charge in [-0.2, -0.15) is 0 Å². The predicted octanol–water partition coefficient (Wildman–Crippen LogP) is 7.41. The molecule has 56 heavy (non-hydrogen) atoms. The van der Waals surface area contributed by atoms with Crippen molar-refractivity contribution in [3.63, 3.8) is 0 Å². The minimum Gasteiger partial charge on any atom is -0.491 e. The van der Waals surface area contributed by atoms with Crippen LogP contribution in [0.15, 0.2) is 42.7 Å². The molecule has 3 heterocycles. The van der Waals surface area contributed by atoms with Crippen LogP contribution >= 0.6 is 0 Å². The maximum absolute atomic E-state index is 13.8. The largest absolute Gasteiger partial charge is 0.491 e. The normalized spacial score (nSPS) is 17.1. The van der Waals surface area contributed by atoms with E-state index in [2.05, 4.69) is 36.0 Å². The molecule has 0 bridgehead atoms. The number of carbonyl (C=O) groups is 4. The van der Waals surface area contributed by atoms with Gasteiger partial charge in [0.1, 0.15) is 30.2 Å². The summed E-state index contributed by atoms with van der Waals surface area (Å²) in [5.74, 6) is 6.31. The molecule has 2 aliphatic heterocycles. The Bertz CT molecular complexity index is 1700. The van der Waals surface area contributed by atoms with Gasteiger partial charge >= 0.3 is 12.1 Å². The number of hydrogen-bond donors (Lipinski definition) is 1. The van der Waals surface area contributed by atoms with E-state index in [9.17, 15) is 23.6 Å². The quantitative estimate of drug-likeness (QED) is 0.155. The molecule has 2 unspecified atom stereocenters. The summed E-state index contributed by atoms with van der Waals surface area (Å²) in [7, 11) is 0. The number of piperidine rings is 2. The van der Waals surface area contributed by atoms with E-state index >= 15 is 0 Å². The number of aromatic nitrogens is 1. The molecule has 4 rings (SSSR count). The van der Waals surface area contributed by atoms with Gasteiger partial charge < -0.3 is 29.3 Å². The van der Waals surface area contributed by atoms with Crippen LogP contribution in [0.2, 0.25) is 0 Å². The van der Waals surface area contributed by atoms with Crippen molar-refractivity contribution in [3.8, 4) is 17.6 Å². The standard InChI is InChI=1S/C44H61FN4O7/c1-31(2)27-44(6,7)56-42(53)48-21-17-32(18-22-48)15-16-39(50)49-20-9-11-35(30-49)41(52)47-38(26-40(51)55-43(3,4)5)36-24-34(28-46-29-36)14-13-33-10-8-12-37(25-33)54-23-19-45/h8,10,12,24-25,28-29,31-32,35,38H,9,11,15-23,26-27,30H2,1-7H3,(H,47,52). The Morgan fingerprint density at radius 2 is 1.68 bits per heavy atom. The van der Waals surface area contributed by atoms with E-state index in [0.717, 1.165) is 25.7 Å². The first-order chi connectivity index (χ1) is 26.5. The van der Waals surface area contributed by atoms with Crippen molar-refractivity contribution < 1.29 is 37.8 Å². The number of nitrogens with zero attached hydrogens (tertiary/aromatic N) is 3. The average molecular weight is 777 g/mol. The zero-order valence-corrected chi connectivity index (χ0v) is 34.3. The molecular weight excluding hydrogens is 716 g/mol. The second kappa shape index (κ2) is 20.5. The molecule has 12 heteroatoms. The number of hydrogen-bond acceptors (Lipinski definition) is 8. The molecule has 11 nitrogen and oxygen atoms in total. The van der Waals surface area contributed by atoms with Gasteiger partial charge in [-0.25, -0.2) is 9.18 Å². The van der Waals surface area contributed by atoms with Gasteiger partial charge in [-0.1, -0.05) is 31.8 Å². The lowest BCUT2D eigenvalue weighted by Gasteiger charge is -2.35. The third-order valence-electron chi connectivity index (χ3n) is 9.85. The molecule has 1 aromatic heterocycles. The van der Waals surface area contributed by atoms with Crippen LogP contribution in [-0.4, -0.2) is 89.3 Å². The Kier molecular flexibility index (Phi) is 16.1. The summed E-state index contributed by atoms with van der Waals surface area (Å²) in [4.78, 5) is 61.0. The van der Waals surface area contributed by atoms with Crippen LogP contribution in [0.25, 0.3) is 0 Å². The Morgan fingerprint density at radius 3 is 2.38 bits per heavy atom. The minimum atomic E-state index is -0.737. The van der Waals surface area contributed by atoms with Crippen LogP contribution in [0.4, 0.5) is 9.18 Å². The van der Waals surface area contributed by atoms with Crippen LogP contribution in [0.5, 0.6) is 5.75 Å². The number of ether oxygens (including phenoxy) is 3. The summed E-state index contributed by atoms with van der Waals surface area (Å²) in [6, 6.07) is 8.10. The second-order valence-corrected chi connectivity index (χ2v) is 17.0. The van der Waals surface area contributed by atoms with Crippen LogP contribution in [-0.2, 0) is 23.9 Å². The summed E-state index contributed by atoms with van der Waals surface area (Å²) in [5.41, 5.74) is 0.617. The lowest BCUT2D eigenvalue weighted by atomic mass is 9.91. The van der Waals surface area contributed by atoms with Crippen LogP contribution in [0.3, 0.4) is 0 Å². The van der Waals surface area contributed by atoms with Crippen molar-refractivity contribution in [2.45, 2.75) is 117 Å². The van der Waals surface area contributed by atoms with Crippen molar-refractivity contribution in [1.82, 2.24) is 20.1 Å². The fourth-order valence-electron chi connectivity index (χ4n) is 7.41. The molecule has 2 fully saturated rings. The van der Waals surface area contributed by atoms with Crippen molar-refractivity contribution >= 4 is 23.9 Å². The van der Waals surface area contributed by atoms with Crippen LogP contribution in [0.1, 0.15) is 123 Å². The highest BCUT2D eigenvalue weighted by molar-refractivity contribution is 5.82. The van der Waals surface area contributed by atoms with Crippen LogP contribution in [0, 0.1) is 29.6 Å². The van der Waals surface area contributed by atoms with E-state index in [-0.39, 0.29) is 30.9 Å². The van der Waals surface area contributed by atoms with E-state index in [1.54, 1.807) is 67.2 Å². The number of pyridine rings is 1. The monoisotopic (exact) mass is 776 g/mol. The maximum atomic E-state index is 13.8. The molecule has 1 aromatic carbocycles. The van der Waals surface area contributed by atoms with Gasteiger partial charge in [0.2, 0.25) is 11.8 Å².